The normalized spacial score (nSPS) is 13.2. The minimum absolute atomic E-state index is 0.00572. The number of hydrogen-bond donors (Lipinski definition) is 2. The average Bonchev–Trinajstić information content (AvgIpc) is 2.88. The number of amides is 1. The average molecular weight is 276 g/mol. The second kappa shape index (κ2) is 4.31. The van der Waals surface area contributed by atoms with Gasteiger partial charge in [0.15, 0.2) is 0 Å². The van der Waals surface area contributed by atoms with Crippen molar-refractivity contribution in [2.75, 3.05) is 5.32 Å². The van der Waals surface area contributed by atoms with Gasteiger partial charge in [0.2, 0.25) is 5.91 Å². The van der Waals surface area contributed by atoms with E-state index in [2.05, 4.69) is 10.3 Å². The molecule has 2 N–H and O–H groups in total. The lowest BCUT2D eigenvalue weighted by Crippen LogP contribution is -2.06. The number of carbonyl (C=O) groups is 1. The van der Waals surface area contributed by atoms with Crippen LogP contribution in [-0.4, -0.2) is 10.9 Å². The molecular formula is C17H12N2O2. The number of H-pyrrole nitrogens is 1. The van der Waals surface area contributed by atoms with E-state index in [-0.39, 0.29) is 11.5 Å². The first kappa shape index (κ1) is 11.9. The molecule has 1 aliphatic heterocycles. The smallest absolute Gasteiger partial charge is 0.255 e. The molecule has 4 rings (SSSR count). The number of nitrogens with one attached hydrogen (secondary N) is 2. The maximum absolute atomic E-state index is 11.9. The zero-order valence-corrected chi connectivity index (χ0v) is 11.1. The Labute approximate surface area is 120 Å². The molecule has 4 heteroatoms. The van der Waals surface area contributed by atoms with Crippen molar-refractivity contribution in [1.29, 1.82) is 0 Å². The van der Waals surface area contributed by atoms with E-state index in [0.29, 0.717) is 11.8 Å². The molecule has 0 unspecified atom stereocenters. The second-order valence-electron chi connectivity index (χ2n) is 5.13. The molecule has 0 saturated heterocycles. The van der Waals surface area contributed by atoms with Gasteiger partial charge in [-0.3, -0.25) is 9.59 Å². The molecular weight excluding hydrogens is 264 g/mol. The van der Waals surface area contributed by atoms with Gasteiger partial charge in [0.25, 0.3) is 5.56 Å². The van der Waals surface area contributed by atoms with Crippen LogP contribution in [0, 0.1) is 0 Å². The molecule has 0 bridgehead atoms. The monoisotopic (exact) mass is 276 g/mol. The Balaban J connectivity index is 2.06. The van der Waals surface area contributed by atoms with Crippen molar-refractivity contribution in [2.24, 2.45) is 0 Å². The minimum Gasteiger partial charge on any atom is -0.328 e. The van der Waals surface area contributed by atoms with E-state index in [9.17, 15) is 9.59 Å². The van der Waals surface area contributed by atoms with E-state index in [1.807, 2.05) is 42.5 Å². The lowest BCUT2D eigenvalue weighted by atomic mass is 9.95. The predicted molar refractivity (Wildman–Crippen MR) is 82.3 cm³/mol. The quantitative estimate of drug-likeness (QED) is 0.717. The molecule has 2 aromatic carbocycles. The number of benzene rings is 2. The first-order valence-corrected chi connectivity index (χ1v) is 6.76. The summed E-state index contributed by atoms with van der Waals surface area (Å²) < 4.78 is 0. The van der Waals surface area contributed by atoms with Gasteiger partial charge in [0.1, 0.15) is 0 Å². The van der Waals surface area contributed by atoms with Crippen molar-refractivity contribution in [3.05, 3.63) is 64.6 Å². The summed E-state index contributed by atoms with van der Waals surface area (Å²) in [6.07, 6.45) is 2.10. The van der Waals surface area contributed by atoms with Gasteiger partial charge in [-0.1, -0.05) is 30.3 Å². The Bertz CT molecular complexity index is 941. The maximum Gasteiger partial charge on any atom is 0.255 e. The molecule has 3 aromatic rings. The van der Waals surface area contributed by atoms with Gasteiger partial charge < -0.3 is 10.3 Å². The zero-order valence-electron chi connectivity index (χ0n) is 11.1. The van der Waals surface area contributed by atoms with E-state index in [1.54, 1.807) is 6.20 Å². The molecule has 0 saturated carbocycles. The van der Waals surface area contributed by atoms with Gasteiger partial charge in [-0.05, 0) is 28.6 Å². The number of aromatic amines is 1. The number of pyridine rings is 1. The topological polar surface area (TPSA) is 62.0 Å². The molecule has 0 radical (unpaired) electrons. The van der Waals surface area contributed by atoms with Crippen LogP contribution in [0.4, 0.5) is 5.69 Å². The SMILES string of the molecule is O=C1Cc2c(cccc2-c2c[nH]c(=O)c3ccccc23)N1. The summed E-state index contributed by atoms with van der Waals surface area (Å²) in [6.45, 7) is 0. The fourth-order valence-corrected chi connectivity index (χ4v) is 2.93. The standard InChI is InChI=1S/C17H12N2O2/c20-16-8-13-11(6-3-7-15(13)19-16)14-9-18-17(21)12-5-2-1-4-10(12)14/h1-7,9H,8H2,(H,18,21)(H,19,20). The molecule has 0 aliphatic carbocycles. The highest BCUT2D eigenvalue weighted by atomic mass is 16.1. The van der Waals surface area contributed by atoms with Crippen LogP contribution in [0.3, 0.4) is 0 Å². The summed E-state index contributed by atoms with van der Waals surface area (Å²) in [4.78, 5) is 26.3. The molecule has 102 valence electrons. The third-order valence-electron chi connectivity index (χ3n) is 3.89. The Morgan fingerprint density at radius 3 is 2.52 bits per heavy atom. The Kier molecular flexibility index (Phi) is 2.44. The largest absolute Gasteiger partial charge is 0.328 e. The molecule has 1 aliphatic rings. The highest BCUT2D eigenvalue weighted by molar-refractivity contribution is 6.04. The molecule has 4 nitrogen and oxygen atoms in total. The number of fused-ring (bicyclic) bond motifs is 2. The summed E-state index contributed by atoms with van der Waals surface area (Å²) in [5.41, 5.74) is 3.67. The van der Waals surface area contributed by atoms with Gasteiger partial charge in [-0.2, -0.15) is 0 Å². The molecule has 1 aromatic heterocycles. The summed E-state index contributed by atoms with van der Waals surface area (Å²) in [5.74, 6) is 0.00572. The summed E-state index contributed by atoms with van der Waals surface area (Å²) in [6, 6.07) is 13.3. The van der Waals surface area contributed by atoms with Gasteiger partial charge in [0, 0.05) is 22.8 Å². The van der Waals surface area contributed by atoms with Crippen molar-refractivity contribution in [1.82, 2.24) is 4.98 Å². The zero-order chi connectivity index (χ0) is 14.4. The molecule has 0 atom stereocenters. The fraction of sp³-hybridized carbons (Fsp3) is 0.0588. The van der Waals surface area contributed by atoms with Crippen LogP contribution in [0.1, 0.15) is 5.56 Å². The first-order valence-electron chi connectivity index (χ1n) is 6.76. The Hall–Kier alpha value is -2.88. The van der Waals surface area contributed by atoms with Crippen LogP contribution in [0.5, 0.6) is 0 Å². The molecule has 21 heavy (non-hydrogen) atoms. The van der Waals surface area contributed by atoms with Gasteiger partial charge >= 0.3 is 0 Å². The van der Waals surface area contributed by atoms with Crippen molar-refractivity contribution < 1.29 is 4.79 Å². The summed E-state index contributed by atoms with van der Waals surface area (Å²) >= 11 is 0. The fourth-order valence-electron chi connectivity index (χ4n) is 2.93. The third kappa shape index (κ3) is 1.76. The van der Waals surface area contributed by atoms with Crippen molar-refractivity contribution >= 4 is 22.4 Å². The van der Waals surface area contributed by atoms with Crippen LogP contribution in [0.15, 0.2) is 53.5 Å². The number of hydrogen-bond acceptors (Lipinski definition) is 2. The van der Waals surface area contributed by atoms with E-state index in [1.165, 1.54) is 0 Å². The second-order valence-corrected chi connectivity index (χ2v) is 5.13. The van der Waals surface area contributed by atoms with E-state index >= 15 is 0 Å². The van der Waals surface area contributed by atoms with Gasteiger partial charge in [-0.15, -0.1) is 0 Å². The number of rotatable bonds is 1. The Morgan fingerprint density at radius 2 is 1.67 bits per heavy atom. The third-order valence-corrected chi connectivity index (χ3v) is 3.89. The molecule has 0 fully saturated rings. The van der Waals surface area contributed by atoms with Gasteiger partial charge in [-0.25, -0.2) is 0 Å². The summed E-state index contributed by atoms with van der Waals surface area (Å²) in [5, 5.41) is 4.41. The molecule has 2 heterocycles. The maximum atomic E-state index is 11.9. The molecule has 0 spiro atoms. The van der Waals surface area contributed by atoms with E-state index in [4.69, 9.17) is 0 Å². The highest BCUT2D eigenvalue weighted by Gasteiger charge is 2.22. The van der Waals surface area contributed by atoms with Crippen LogP contribution < -0.4 is 10.9 Å². The van der Waals surface area contributed by atoms with E-state index in [0.717, 1.165) is 27.8 Å². The number of anilines is 1. The summed E-state index contributed by atoms with van der Waals surface area (Å²) in [7, 11) is 0. The van der Waals surface area contributed by atoms with Crippen molar-refractivity contribution in [3.8, 4) is 11.1 Å². The Morgan fingerprint density at radius 1 is 0.857 bits per heavy atom. The molecule has 1 amide bonds. The lowest BCUT2D eigenvalue weighted by Gasteiger charge is -2.10. The minimum atomic E-state index is -0.101. The van der Waals surface area contributed by atoms with Gasteiger partial charge in [0.05, 0.1) is 6.42 Å². The van der Waals surface area contributed by atoms with Crippen LogP contribution >= 0.6 is 0 Å². The first-order chi connectivity index (χ1) is 10.2. The van der Waals surface area contributed by atoms with Crippen molar-refractivity contribution in [2.45, 2.75) is 6.42 Å². The van der Waals surface area contributed by atoms with Crippen LogP contribution in [0.25, 0.3) is 21.9 Å². The van der Waals surface area contributed by atoms with Crippen molar-refractivity contribution in [3.63, 3.8) is 0 Å². The number of aromatic nitrogens is 1. The van der Waals surface area contributed by atoms with Crippen LogP contribution in [-0.2, 0) is 11.2 Å². The van der Waals surface area contributed by atoms with Crippen LogP contribution in [0.2, 0.25) is 0 Å². The highest BCUT2D eigenvalue weighted by Crippen LogP contribution is 2.35. The lowest BCUT2D eigenvalue weighted by molar-refractivity contribution is -0.115. The number of carbonyl (C=O) groups excluding carboxylic acids is 1. The predicted octanol–water partition coefficient (Wildman–Crippen LogP) is 2.69. The van der Waals surface area contributed by atoms with E-state index < -0.39 is 0 Å².